The van der Waals surface area contributed by atoms with Gasteiger partial charge in [-0.15, -0.1) is 0 Å². The lowest BCUT2D eigenvalue weighted by Crippen LogP contribution is -2.09. The van der Waals surface area contributed by atoms with Crippen LogP contribution in [0.3, 0.4) is 0 Å². The van der Waals surface area contributed by atoms with Crippen molar-refractivity contribution in [2.45, 2.75) is 19.8 Å². The zero-order valence-corrected chi connectivity index (χ0v) is 9.61. The van der Waals surface area contributed by atoms with Crippen LogP contribution in [0.25, 0.3) is 0 Å². The molecule has 0 saturated heterocycles. The Balaban J connectivity index is 3.12. The first-order valence-electron chi connectivity index (χ1n) is 5.19. The fourth-order valence-corrected chi connectivity index (χ4v) is 1.45. The maximum atomic E-state index is 12.5. The van der Waals surface area contributed by atoms with Crippen LogP contribution in [0.15, 0.2) is 12.1 Å². The van der Waals surface area contributed by atoms with Gasteiger partial charge < -0.3 is 9.84 Å². The van der Waals surface area contributed by atoms with Crippen molar-refractivity contribution in [3.63, 3.8) is 0 Å². The number of alkyl halides is 2. The number of nitrogens with zero attached hydrogens (tertiary/aromatic N) is 1. The molecule has 1 N–H and O–H groups in total. The van der Waals surface area contributed by atoms with Gasteiger partial charge in [-0.25, -0.2) is 8.78 Å². The van der Waals surface area contributed by atoms with E-state index in [0.717, 1.165) is 12.1 Å². The van der Waals surface area contributed by atoms with Crippen LogP contribution >= 0.6 is 0 Å². The molecule has 0 saturated carbocycles. The highest BCUT2D eigenvalue weighted by molar-refractivity contribution is 5.75. The number of aromatic hydroxyl groups is 1. The fraction of sp³-hybridized carbons (Fsp3) is 0.333. The van der Waals surface area contributed by atoms with Crippen LogP contribution in [0.5, 0.6) is 5.75 Å². The molecule has 18 heavy (non-hydrogen) atoms. The number of phenolic OH excluding ortho intramolecular Hbond substituents is 1. The molecule has 1 rings (SSSR count). The third-order valence-electron chi connectivity index (χ3n) is 2.25. The fourth-order valence-electron chi connectivity index (χ4n) is 1.45. The highest BCUT2D eigenvalue weighted by atomic mass is 19.3. The first kappa shape index (κ1) is 13.9. The Labute approximate surface area is 102 Å². The van der Waals surface area contributed by atoms with Crippen molar-refractivity contribution < 1.29 is 23.4 Å². The van der Waals surface area contributed by atoms with E-state index in [1.54, 1.807) is 13.0 Å². The van der Waals surface area contributed by atoms with Gasteiger partial charge in [0, 0.05) is 11.1 Å². The number of rotatable bonds is 4. The zero-order chi connectivity index (χ0) is 13.7. The first-order chi connectivity index (χ1) is 8.49. The molecule has 0 fully saturated rings. The number of phenols is 1. The van der Waals surface area contributed by atoms with E-state index in [2.05, 4.69) is 4.74 Å². The van der Waals surface area contributed by atoms with Gasteiger partial charge in [0.1, 0.15) is 5.75 Å². The largest absolute Gasteiger partial charge is 0.508 e. The van der Waals surface area contributed by atoms with E-state index in [9.17, 15) is 18.7 Å². The second kappa shape index (κ2) is 5.96. The Morgan fingerprint density at radius 1 is 1.56 bits per heavy atom. The van der Waals surface area contributed by atoms with Gasteiger partial charge in [0.15, 0.2) is 0 Å². The average molecular weight is 255 g/mol. The second-order valence-corrected chi connectivity index (χ2v) is 3.46. The lowest BCUT2D eigenvalue weighted by molar-refractivity contribution is -0.142. The number of hydrogen-bond acceptors (Lipinski definition) is 4. The van der Waals surface area contributed by atoms with E-state index in [1.807, 2.05) is 0 Å². The lowest BCUT2D eigenvalue weighted by atomic mass is 10.0. The average Bonchev–Trinajstić information content (AvgIpc) is 2.31. The lowest BCUT2D eigenvalue weighted by Gasteiger charge is -2.09. The van der Waals surface area contributed by atoms with Crippen molar-refractivity contribution in [2.24, 2.45) is 0 Å². The molecule has 1 aromatic rings. The number of nitriles is 1. The van der Waals surface area contributed by atoms with Gasteiger partial charge in [0.25, 0.3) is 6.43 Å². The summed E-state index contributed by atoms with van der Waals surface area (Å²) < 4.78 is 29.6. The molecule has 1 aromatic carbocycles. The van der Waals surface area contributed by atoms with Crippen molar-refractivity contribution in [3.05, 3.63) is 28.8 Å². The minimum atomic E-state index is -2.79. The Bertz CT molecular complexity index is 495. The van der Waals surface area contributed by atoms with E-state index in [4.69, 9.17) is 5.26 Å². The standard InChI is InChI=1S/C12H11F2NO3/c1-2-18-11(17)5-9-8(6-15)3-7(12(13)14)4-10(9)16/h3-4,12,16H,2,5H2,1H3. The van der Waals surface area contributed by atoms with Crippen LogP contribution in [0.1, 0.15) is 30.0 Å². The maximum absolute atomic E-state index is 12.5. The number of esters is 1. The smallest absolute Gasteiger partial charge is 0.310 e. The SMILES string of the molecule is CCOC(=O)Cc1c(O)cc(C(F)F)cc1C#N. The van der Waals surface area contributed by atoms with Gasteiger partial charge in [-0.2, -0.15) is 5.26 Å². The number of carbonyl (C=O) groups excluding carboxylic acids is 1. The molecule has 0 spiro atoms. The van der Waals surface area contributed by atoms with Gasteiger partial charge in [0.2, 0.25) is 0 Å². The van der Waals surface area contributed by atoms with Crippen LogP contribution in [0.2, 0.25) is 0 Å². The summed E-state index contributed by atoms with van der Waals surface area (Å²) in [4.78, 5) is 11.3. The summed E-state index contributed by atoms with van der Waals surface area (Å²) >= 11 is 0. The third kappa shape index (κ3) is 3.17. The molecule has 6 heteroatoms. The number of benzene rings is 1. The zero-order valence-electron chi connectivity index (χ0n) is 9.61. The van der Waals surface area contributed by atoms with E-state index in [-0.39, 0.29) is 24.2 Å². The summed E-state index contributed by atoms with van der Waals surface area (Å²) in [6.07, 6.45) is -3.12. The number of ether oxygens (including phenoxy) is 1. The number of halogens is 2. The van der Waals surface area contributed by atoms with Gasteiger partial charge in [-0.05, 0) is 19.1 Å². The Kier molecular flexibility index (Phi) is 4.60. The molecule has 4 nitrogen and oxygen atoms in total. The Morgan fingerprint density at radius 2 is 2.22 bits per heavy atom. The summed E-state index contributed by atoms with van der Waals surface area (Å²) in [6.45, 7) is 1.78. The van der Waals surface area contributed by atoms with Crippen molar-refractivity contribution in [1.82, 2.24) is 0 Å². The molecule has 0 atom stereocenters. The first-order valence-corrected chi connectivity index (χ1v) is 5.19. The quantitative estimate of drug-likeness (QED) is 0.838. The monoisotopic (exact) mass is 255 g/mol. The van der Waals surface area contributed by atoms with Gasteiger partial charge in [-0.1, -0.05) is 0 Å². The second-order valence-electron chi connectivity index (χ2n) is 3.46. The number of hydrogen-bond donors (Lipinski definition) is 1. The topological polar surface area (TPSA) is 70.3 Å². The minimum Gasteiger partial charge on any atom is -0.508 e. The summed E-state index contributed by atoms with van der Waals surface area (Å²) in [5, 5.41) is 18.4. The highest BCUT2D eigenvalue weighted by Crippen LogP contribution is 2.29. The molecule has 0 bridgehead atoms. The molecule has 0 unspecified atom stereocenters. The van der Waals surface area contributed by atoms with Crippen molar-refractivity contribution >= 4 is 5.97 Å². The van der Waals surface area contributed by atoms with Crippen molar-refractivity contribution in [2.75, 3.05) is 6.61 Å². The van der Waals surface area contributed by atoms with Gasteiger partial charge >= 0.3 is 5.97 Å². The Morgan fingerprint density at radius 3 is 2.72 bits per heavy atom. The summed E-state index contributed by atoms with van der Waals surface area (Å²) in [5.74, 6) is -1.13. The highest BCUT2D eigenvalue weighted by Gasteiger charge is 2.18. The molecular weight excluding hydrogens is 244 g/mol. The van der Waals surface area contributed by atoms with Crippen molar-refractivity contribution in [3.8, 4) is 11.8 Å². The van der Waals surface area contributed by atoms with Crippen LogP contribution in [0.4, 0.5) is 8.78 Å². The normalized spacial score (nSPS) is 10.2. The predicted molar refractivity (Wildman–Crippen MR) is 58.1 cm³/mol. The molecule has 0 aliphatic carbocycles. The van der Waals surface area contributed by atoms with E-state index in [0.29, 0.717) is 0 Å². The molecule has 0 aromatic heterocycles. The van der Waals surface area contributed by atoms with E-state index >= 15 is 0 Å². The maximum Gasteiger partial charge on any atom is 0.310 e. The molecule has 0 heterocycles. The van der Waals surface area contributed by atoms with Crippen LogP contribution in [-0.2, 0) is 16.0 Å². The molecule has 0 aliphatic heterocycles. The number of carbonyl (C=O) groups is 1. The van der Waals surface area contributed by atoms with Crippen molar-refractivity contribution in [1.29, 1.82) is 5.26 Å². The van der Waals surface area contributed by atoms with Gasteiger partial charge in [-0.3, -0.25) is 4.79 Å². The van der Waals surface area contributed by atoms with Gasteiger partial charge in [0.05, 0.1) is 24.7 Å². The molecule has 0 amide bonds. The molecule has 0 radical (unpaired) electrons. The minimum absolute atomic E-state index is 0.000324. The van der Waals surface area contributed by atoms with Crippen LogP contribution in [0, 0.1) is 11.3 Å². The third-order valence-corrected chi connectivity index (χ3v) is 2.25. The summed E-state index contributed by atoms with van der Waals surface area (Å²) in [6, 6.07) is 3.48. The molecule has 96 valence electrons. The van der Waals surface area contributed by atoms with E-state index in [1.165, 1.54) is 0 Å². The summed E-state index contributed by atoms with van der Waals surface area (Å²) in [7, 11) is 0. The molecular formula is C12H11F2NO3. The predicted octanol–water partition coefficient (Wildman–Crippen LogP) is 2.31. The Hall–Kier alpha value is -2.16. The van der Waals surface area contributed by atoms with E-state index < -0.39 is 23.7 Å². The summed E-state index contributed by atoms with van der Waals surface area (Å²) in [5.41, 5.74) is -0.615. The molecule has 0 aliphatic rings. The van der Waals surface area contributed by atoms with Crippen LogP contribution < -0.4 is 0 Å². The van der Waals surface area contributed by atoms with Crippen LogP contribution in [-0.4, -0.2) is 17.7 Å².